The van der Waals surface area contributed by atoms with E-state index in [1.807, 2.05) is 22.6 Å². The molecule has 0 atom stereocenters. The molecule has 0 N–H and O–H groups in total. The molecular weight excluding hydrogens is 278 g/mol. The van der Waals surface area contributed by atoms with Crippen LogP contribution in [-0.4, -0.2) is 33.7 Å². The monoisotopic (exact) mass is 297 g/mol. The van der Waals surface area contributed by atoms with E-state index in [1.165, 1.54) is 11.1 Å². The van der Waals surface area contributed by atoms with Crippen LogP contribution in [-0.2, 0) is 19.5 Å². The molecule has 2 aliphatic heterocycles. The lowest BCUT2D eigenvalue weighted by Crippen LogP contribution is -2.36. The molecule has 4 rings (SSSR count). The van der Waals surface area contributed by atoms with Gasteiger partial charge >= 0.3 is 0 Å². The predicted octanol–water partition coefficient (Wildman–Crippen LogP) is 2.17. The second-order valence-corrected chi connectivity index (χ2v) is 5.95. The molecule has 0 spiro atoms. The number of ether oxygens (including phenoxy) is 1. The highest BCUT2D eigenvalue weighted by Gasteiger charge is 2.28. The number of aromatic nitrogens is 2. The smallest absolute Gasteiger partial charge is 0.275 e. The minimum absolute atomic E-state index is 0.0116. The molecule has 0 aliphatic carbocycles. The Balaban J connectivity index is 1.62. The molecule has 0 unspecified atom stereocenters. The number of fused-ring (bicyclic) bond motifs is 2. The summed E-state index contributed by atoms with van der Waals surface area (Å²) in [5.41, 5.74) is 3.98. The number of carbonyl (C=O) groups excluding carboxylic acids is 1. The van der Waals surface area contributed by atoms with Crippen molar-refractivity contribution in [1.82, 2.24) is 14.7 Å². The van der Waals surface area contributed by atoms with Crippen molar-refractivity contribution in [1.29, 1.82) is 0 Å². The average molecular weight is 297 g/mol. The zero-order valence-electron chi connectivity index (χ0n) is 12.7. The lowest BCUT2D eigenvalue weighted by molar-refractivity contribution is 0.0727. The second-order valence-electron chi connectivity index (χ2n) is 5.95. The molecule has 0 bridgehead atoms. The lowest BCUT2D eigenvalue weighted by Gasteiger charge is -2.28. The fourth-order valence-corrected chi connectivity index (χ4v) is 3.28. The van der Waals surface area contributed by atoms with Crippen LogP contribution in [0.3, 0.4) is 0 Å². The van der Waals surface area contributed by atoms with Crippen LogP contribution < -0.4 is 4.74 Å². The molecule has 0 radical (unpaired) electrons. The van der Waals surface area contributed by atoms with Crippen LogP contribution in [0.25, 0.3) is 0 Å². The molecule has 1 aromatic carbocycles. The van der Waals surface area contributed by atoms with E-state index in [2.05, 4.69) is 23.3 Å². The number of hydrogen-bond acceptors (Lipinski definition) is 3. The SMILES string of the molecule is Cc1c(C(=O)N2CCc3ccccc3C2)nn2c1OCCC2. The molecule has 5 nitrogen and oxygen atoms in total. The van der Waals surface area contributed by atoms with Crippen molar-refractivity contribution < 1.29 is 9.53 Å². The Morgan fingerprint density at radius 1 is 1.23 bits per heavy atom. The van der Waals surface area contributed by atoms with Crippen molar-refractivity contribution in [3.8, 4) is 5.88 Å². The van der Waals surface area contributed by atoms with Crippen molar-refractivity contribution in [3.05, 3.63) is 46.6 Å². The molecule has 0 saturated heterocycles. The van der Waals surface area contributed by atoms with Crippen LogP contribution in [0, 0.1) is 6.92 Å². The molecule has 5 heteroatoms. The lowest BCUT2D eigenvalue weighted by atomic mass is 9.99. The fourth-order valence-electron chi connectivity index (χ4n) is 3.28. The summed E-state index contributed by atoms with van der Waals surface area (Å²) in [6, 6.07) is 8.33. The van der Waals surface area contributed by atoms with Gasteiger partial charge in [0.15, 0.2) is 5.69 Å². The number of aryl methyl sites for hydroxylation is 1. The van der Waals surface area contributed by atoms with Gasteiger partial charge in [0.2, 0.25) is 5.88 Å². The van der Waals surface area contributed by atoms with E-state index in [1.54, 1.807) is 0 Å². The van der Waals surface area contributed by atoms with Gasteiger partial charge in [-0.05, 0) is 24.5 Å². The van der Waals surface area contributed by atoms with Crippen LogP contribution in [0.4, 0.5) is 0 Å². The maximum atomic E-state index is 12.8. The maximum absolute atomic E-state index is 12.8. The minimum atomic E-state index is 0.0116. The molecule has 3 heterocycles. The molecule has 22 heavy (non-hydrogen) atoms. The van der Waals surface area contributed by atoms with Crippen LogP contribution in [0.15, 0.2) is 24.3 Å². The maximum Gasteiger partial charge on any atom is 0.275 e. The second kappa shape index (κ2) is 5.16. The van der Waals surface area contributed by atoms with Crippen molar-refractivity contribution >= 4 is 5.91 Å². The Morgan fingerprint density at radius 3 is 2.86 bits per heavy atom. The number of amides is 1. The summed E-state index contributed by atoms with van der Waals surface area (Å²) in [5.74, 6) is 0.768. The third kappa shape index (κ3) is 2.08. The first-order chi connectivity index (χ1) is 10.7. The standard InChI is InChI=1S/C17H19N3O2/c1-12-15(18-20-8-4-10-22-17(12)20)16(21)19-9-7-13-5-2-3-6-14(13)11-19/h2-3,5-6H,4,7-11H2,1H3. The highest BCUT2D eigenvalue weighted by Crippen LogP contribution is 2.27. The zero-order valence-corrected chi connectivity index (χ0v) is 12.7. The van der Waals surface area contributed by atoms with E-state index in [9.17, 15) is 4.79 Å². The predicted molar refractivity (Wildman–Crippen MR) is 82.0 cm³/mol. The summed E-state index contributed by atoms with van der Waals surface area (Å²) in [6.45, 7) is 4.87. The number of nitrogens with zero attached hydrogens (tertiary/aromatic N) is 3. The molecule has 0 fully saturated rings. The number of rotatable bonds is 1. The summed E-state index contributed by atoms with van der Waals surface area (Å²) in [4.78, 5) is 14.7. The summed E-state index contributed by atoms with van der Waals surface area (Å²) < 4.78 is 7.48. The Hall–Kier alpha value is -2.30. The van der Waals surface area contributed by atoms with Gasteiger partial charge in [-0.2, -0.15) is 5.10 Å². The first-order valence-electron chi connectivity index (χ1n) is 7.80. The van der Waals surface area contributed by atoms with Crippen molar-refractivity contribution in [2.45, 2.75) is 32.9 Å². The van der Waals surface area contributed by atoms with Crippen molar-refractivity contribution in [3.63, 3.8) is 0 Å². The van der Waals surface area contributed by atoms with E-state index in [0.717, 1.165) is 37.4 Å². The number of benzene rings is 1. The van der Waals surface area contributed by atoms with Crippen molar-refractivity contribution in [2.24, 2.45) is 0 Å². The highest BCUT2D eigenvalue weighted by molar-refractivity contribution is 5.94. The van der Waals surface area contributed by atoms with E-state index in [-0.39, 0.29) is 5.91 Å². The van der Waals surface area contributed by atoms with Gasteiger partial charge < -0.3 is 9.64 Å². The van der Waals surface area contributed by atoms with Gasteiger partial charge in [-0.3, -0.25) is 4.79 Å². The molecule has 1 amide bonds. The van der Waals surface area contributed by atoms with Crippen LogP contribution in [0.1, 0.15) is 33.6 Å². The van der Waals surface area contributed by atoms with Gasteiger partial charge in [-0.25, -0.2) is 4.68 Å². The Bertz CT molecular complexity index is 736. The molecule has 2 aromatic rings. The first kappa shape index (κ1) is 13.4. The Labute approximate surface area is 129 Å². The largest absolute Gasteiger partial charge is 0.478 e. The van der Waals surface area contributed by atoms with Crippen LogP contribution in [0.5, 0.6) is 5.88 Å². The molecule has 114 valence electrons. The number of hydrogen-bond donors (Lipinski definition) is 0. The molecular formula is C17H19N3O2. The van der Waals surface area contributed by atoms with Crippen molar-refractivity contribution in [2.75, 3.05) is 13.2 Å². The Morgan fingerprint density at radius 2 is 2.05 bits per heavy atom. The van der Waals surface area contributed by atoms with Gasteiger partial charge in [0, 0.05) is 31.6 Å². The fraction of sp³-hybridized carbons (Fsp3) is 0.412. The summed E-state index contributed by atoms with van der Waals surface area (Å²) in [7, 11) is 0. The van der Waals surface area contributed by atoms with Gasteiger partial charge in [0.1, 0.15) is 0 Å². The zero-order chi connectivity index (χ0) is 15.1. The van der Waals surface area contributed by atoms with Gasteiger partial charge in [-0.1, -0.05) is 24.3 Å². The quantitative estimate of drug-likeness (QED) is 0.810. The molecule has 1 aromatic heterocycles. The summed E-state index contributed by atoms with van der Waals surface area (Å²) in [6.07, 6.45) is 1.85. The van der Waals surface area contributed by atoms with Crippen LogP contribution >= 0.6 is 0 Å². The van der Waals surface area contributed by atoms with Gasteiger partial charge in [0.25, 0.3) is 5.91 Å². The number of carbonyl (C=O) groups is 1. The average Bonchev–Trinajstić information content (AvgIpc) is 2.91. The summed E-state index contributed by atoms with van der Waals surface area (Å²) >= 11 is 0. The van der Waals surface area contributed by atoms with E-state index in [4.69, 9.17) is 4.74 Å². The third-order valence-electron chi connectivity index (χ3n) is 4.50. The third-order valence-corrected chi connectivity index (χ3v) is 4.50. The van der Waals surface area contributed by atoms with Gasteiger partial charge in [0.05, 0.1) is 6.61 Å². The highest BCUT2D eigenvalue weighted by atomic mass is 16.5. The van der Waals surface area contributed by atoms with Crippen LogP contribution in [0.2, 0.25) is 0 Å². The summed E-state index contributed by atoms with van der Waals surface area (Å²) in [5, 5.41) is 4.48. The molecule has 2 aliphatic rings. The van der Waals surface area contributed by atoms with E-state index in [0.29, 0.717) is 18.8 Å². The first-order valence-corrected chi connectivity index (χ1v) is 7.80. The normalized spacial score (nSPS) is 16.7. The van der Waals surface area contributed by atoms with E-state index < -0.39 is 0 Å². The topological polar surface area (TPSA) is 47.4 Å². The van der Waals surface area contributed by atoms with Gasteiger partial charge in [-0.15, -0.1) is 0 Å². The van der Waals surface area contributed by atoms with E-state index >= 15 is 0 Å². The minimum Gasteiger partial charge on any atom is -0.478 e. The molecule has 0 saturated carbocycles. The Kier molecular flexibility index (Phi) is 3.13.